The van der Waals surface area contributed by atoms with Gasteiger partial charge in [-0.2, -0.15) is 0 Å². The predicted octanol–water partition coefficient (Wildman–Crippen LogP) is 3.10. The zero-order valence-corrected chi connectivity index (χ0v) is 12.3. The van der Waals surface area contributed by atoms with E-state index in [-0.39, 0.29) is 24.4 Å². The highest BCUT2D eigenvalue weighted by molar-refractivity contribution is 5.73. The van der Waals surface area contributed by atoms with Gasteiger partial charge in [-0.25, -0.2) is 0 Å². The Labute approximate surface area is 115 Å². The van der Waals surface area contributed by atoms with Gasteiger partial charge in [0.05, 0.1) is 12.6 Å². The molecule has 1 saturated carbocycles. The highest BCUT2D eigenvalue weighted by Crippen LogP contribution is 2.39. The molecule has 0 radical (unpaired) electrons. The third-order valence-electron chi connectivity index (χ3n) is 3.51. The number of hydrogen-bond acceptors (Lipinski definition) is 3. The van der Waals surface area contributed by atoms with E-state index in [2.05, 4.69) is 0 Å². The van der Waals surface area contributed by atoms with Crippen LogP contribution in [0, 0.1) is 17.8 Å². The number of halogens is 1. The quantitative estimate of drug-likeness (QED) is 0.692. The summed E-state index contributed by atoms with van der Waals surface area (Å²) in [5, 5.41) is 9.47. The molecule has 0 heterocycles. The smallest absolute Gasteiger partial charge is 0.309 e. The van der Waals surface area contributed by atoms with Gasteiger partial charge in [-0.15, -0.1) is 0 Å². The van der Waals surface area contributed by atoms with Crippen LogP contribution in [0.2, 0.25) is 0 Å². The SMILES string of the molecule is CC(C)(C)OC(=O)[C@H](CC1CC1)[C@H](CO)CCCF. The molecule has 4 heteroatoms. The van der Waals surface area contributed by atoms with E-state index in [9.17, 15) is 14.3 Å². The summed E-state index contributed by atoms with van der Waals surface area (Å²) in [6.45, 7) is 5.05. The van der Waals surface area contributed by atoms with Crippen LogP contribution in [0.5, 0.6) is 0 Å². The van der Waals surface area contributed by atoms with E-state index >= 15 is 0 Å². The Hall–Kier alpha value is -0.640. The third-order valence-corrected chi connectivity index (χ3v) is 3.51. The summed E-state index contributed by atoms with van der Waals surface area (Å²) in [6, 6.07) is 0. The minimum atomic E-state index is -0.515. The van der Waals surface area contributed by atoms with Crippen molar-refractivity contribution in [3.05, 3.63) is 0 Å². The number of carbonyl (C=O) groups excluding carboxylic acids is 1. The zero-order chi connectivity index (χ0) is 14.5. The maximum atomic E-state index is 12.3. The number of esters is 1. The summed E-state index contributed by atoms with van der Waals surface area (Å²) in [7, 11) is 0. The number of aliphatic hydroxyl groups is 1. The normalized spacial score (nSPS) is 19.0. The average Bonchev–Trinajstić information content (AvgIpc) is 3.10. The lowest BCUT2D eigenvalue weighted by molar-refractivity contribution is -0.163. The van der Waals surface area contributed by atoms with Crippen molar-refractivity contribution < 1.29 is 19.0 Å². The molecular formula is C15H27FO3. The Morgan fingerprint density at radius 2 is 2.05 bits per heavy atom. The minimum absolute atomic E-state index is 0.0728. The molecule has 1 aliphatic carbocycles. The van der Waals surface area contributed by atoms with Crippen LogP contribution in [0.3, 0.4) is 0 Å². The molecule has 0 unspecified atom stereocenters. The number of ether oxygens (including phenoxy) is 1. The zero-order valence-electron chi connectivity index (χ0n) is 12.3. The number of carbonyl (C=O) groups is 1. The van der Waals surface area contributed by atoms with E-state index in [0.717, 1.165) is 19.3 Å². The summed E-state index contributed by atoms with van der Waals surface area (Å²) in [5.74, 6) is -0.122. The lowest BCUT2D eigenvalue weighted by Gasteiger charge is -2.28. The maximum Gasteiger partial charge on any atom is 0.309 e. The maximum absolute atomic E-state index is 12.3. The molecule has 3 nitrogen and oxygen atoms in total. The predicted molar refractivity (Wildman–Crippen MR) is 72.5 cm³/mol. The van der Waals surface area contributed by atoms with Gasteiger partial charge in [0.1, 0.15) is 5.60 Å². The summed E-state index contributed by atoms with van der Waals surface area (Å²) in [5.41, 5.74) is -0.515. The molecule has 0 spiro atoms. The number of rotatable bonds is 8. The number of aliphatic hydroxyl groups excluding tert-OH is 1. The third kappa shape index (κ3) is 6.37. The van der Waals surface area contributed by atoms with E-state index in [1.165, 1.54) is 0 Å². The second kappa shape index (κ2) is 7.22. The van der Waals surface area contributed by atoms with E-state index in [4.69, 9.17) is 4.74 Å². The monoisotopic (exact) mass is 274 g/mol. The van der Waals surface area contributed by atoms with Gasteiger partial charge in [0.2, 0.25) is 0 Å². The standard InChI is InChI=1S/C15H27FO3/c1-15(2,3)19-14(18)13(9-11-6-7-11)12(10-17)5-4-8-16/h11-13,17H,4-10H2,1-3H3/t12-,13+/m0/s1. The molecule has 1 N–H and O–H groups in total. The van der Waals surface area contributed by atoms with Gasteiger partial charge >= 0.3 is 5.97 Å². The van der Waals surface area contributed by atoms with Crippen molar-refractivity contribution in [2.45, 2.75) is 58.5 Å². The molecule has 0 amide bonds. The topological polar surface area (TPSA) is 46.5 Å². The van der Waals surface area contributed by atoms with Crippen molar-refractivity contribution in [2.24, 2.45) is 17.8 Å². The molecule has 1 rings (SSSR count). The fourth-order valence-corrected chi connectivity index (χ4v) is 2.33. The summed E-state index contributed by atoms with van der Waals surface area (Å²) in [4.78, 5) is 12.3. The lowest BCUT2D eigenvalue weighted by atomic mass is 9.85. The van der Waals surface area contributed by atoms with Crippen LogP contribution < -0.4 is 0 Å². The Balaban J connectivity index is 2.64. The van der Waals surface area contributed by atoms with E-state index < -0.39 is 12.3 Å². The van der Waals surface area contributed by atoms with Crippen LogP contribution in [0.25, 0.3) is 0 Å². The highest BCUT2D eigenvalue weighted by atomic mass is 19.1. The van der Waals surface area contributed by atoms with Crippen LogP contribution in [-0.2, 0) is 9.53 Å². The molecular weight excluding hydrogens is 247 g/mol. The first-order valence-corrected chi connectivity index (χ1v) is 7.27. The van der Waals surface area contributed by atoms with Gasteiger partial charge in [0.15, 0.2) is 0 Å². The number of alkyl halides is 1. The van der Waals surface area contributed by atoms with E-state index in [0.29, 0.717) is 18.8 Å². The highest BCUT2D eigenvalue weighted by Gasteiger charge is 2.36. The Kier molecular flexibility index (Phi) is 6.24. The van der Waals surface area contributed by atoms with Gasteiger partial charge in [0.25, 0.3) is 0 Å². The van der Waals surface area contributed by atoms with Gasteiger partial charge in [-0.1, -0.05) is 12.8 Å². The minimum Gasteiger partial charge on any atom is -0.460 e. The van der Waals surface area contributed by atoms with Crippen molar-refractivity contribution >= 4 is 5.97 Å². The Bertz CT molecular complexity index is 282. The molecule has 1 fully saturated rings. The van der Waals surface area contributed by atoms with Gasteiger partial charge in [0, 0.05) is 6.61 Å². The fourth-order valence-electron chi connectivity index (χ4n) is 2.33. The first-order chi connectivity index (χ1) is 8.87. The fraction of sp³-hybridized carbons (Fsp3) is 0.933. The molecule has 0 aliphatic heterocycles. The summed E-state index contributed by atoms with van der Waals surface area (Å²) < 4.78 is 17.8. The number of hydrogen-bond donors (Lipinski definition) is 1. The van der Waals surface area contributed by atoms with Crippen molar-refractivity contribution in [2.75, 3.05) is 13.3 Å². The Morgan fingerprint density at radius 3 is 2.47 bits per heavy atom. The van der Waals surface area contributed by atoms with Crippen molar-refractivity contribution in [3.63, 3.8) is 0 Å². The van der Waals surface area contributed by atoms with Gasteiger partial charge in [-0.3, -0.25) is 9.18 Å². The molecule has 0 aromatic rings. The second-order valence-corrected chi connectivity index (χ2v) is 6.59. The Morgan fingerprint density at radius 1 is 1.42 bits per heavy atom. The van der Waals surface area contributed by atoms with Crippen LogP contribution in [0.4, 0.5) is 4.39 Å². The molecule has 2 atom stereocenters. The van der Waals surface area contributed by atoms with Gasteiger partial charge in [-0.05, 0) is 51.9 Å². The molecule has 0 bridgehead atoms. The van der Waals surface area contributed by atoms with E-state index in [1.54, 1.807) is 0 Å². The first-order valence-electron chi connectivity index (χ1n) is 7.27. The summed E-state index contributed by atoms with van der Waals surface area (Å²) >= 11 is 0. The molecule has 0 aromatic carbocycles. The van der Waals surface area contributed by atoms with Crippen molar-refractivity contribution in [1.82, 2.24) is 0 Å². The average molecular weight is 274 g/mol. The van der Waals surface area contributed by atoms with Crippen molar-refractivity contribution in [1.29, 1.82) is 0 Å². The van der Waals surface area contributed by atoms with Gasteiger partial charge < -0.3 is 9.84 Å². The lowest BCUT2D eigenvalue weighted by Crippen LogP contribution is -2.34. The van der Waals surface area contributed by atoms with Crippen LogP contribution >= 0.6 is 0 Å². The van der Waals surface area contributed by atoms with Crippen LogP contribution in [-0.4, -0.2) is 30.0 Å². The van der Waals surface area contributed by atoms with Crippen molar-refractivity contribution in [3.8, 4) is 0 Å². The van der Waals surface area contributed by atoms with Crippen LogP contribution in [0.1, 0.15) is 52.9 Å². The molecule has 112 valence electrons. The molecule has 0 aromatic heterocycles. The second-order valence-electron chi connectivity index (χ2n) is 6.59. The molecule has 19 heavy (non-hydrogen) atoms. The summed E-state index contributed by atoms with van der Waals surface area (Å²) in [6.07, 6.45) is 4.02. The first kappa shape index (κ1) is 16.4. The molecule has 0 saturated heterocycles. The van der Waals surface area contributed by atoms with E-state index in [1.807, 2.05) is 20.8 Å². The molecule has 1 aliphatic rings. The van der Waals surface area contributed by atoms with Crippen LogP contribution in [0.15, 0.2) is 0 Å². The largest absolute Gasteiger partial charge is 0.460 e.